The molecule has 0 aromatic carbocycles. The van der Waals surface area contributed by atoms with E-state index >= 15 is 0 Å². The van der Waals surface area contributed by atoms with Gasteiger partial charge in [0.05, 0.1) is 5.56 Å². The second-order valence-electron chi connectivity index (χ2n) is 5.65. The molecule has 1 heterocycles. The Morgan fingerprint density at radius 2 is 1.95 bits per heavy atom. The summed E-state index contributed by atoms with van der Waals surface area (Å²) in [4.78, 5) is 28.0. The first-order valence-corrected chi connectivity index (χ1v) is 7.11. The third-order valence-corrected chi connectivity index (χ3v) is 4.36. The molecule has 2 aliphatic rings. The van der Waals surface area contributed by atoms with Crippen LogP contribution in [0.15, 0.2) is 17.1 Å². The zero-order chi connectivity index (χ0) is 13.6. The second kappa shape index (κ2) is 4.67. The number of hydrogen-bond donors (Lipinski definition) is 1. The van der Waals surface area contributed by atoms with Crippen molar-refractivity contribution >= 4 is 17.5 Å². The van der Waals surface area contributed by atoms with Gasteiger partial charge >= 0.3 is 0 Å². The summed E-state index contributed by atoms with van der Waals surface area (Å²) in [5, 5.41) is 0.0636. The van der Waals surface area contributed by atoms with Gasteiger partial charge < -0.3 is 9.88 Å². The number of aromatic nitrogens is 1. The number of aromatic amines is 1. The van der Waals surface area contributed by atoms with Crippen LogP contribution in [0.3, 0.4) is 0 Å². The number of halogens is 1. The van der Waals surface area contributed by atoms with Crippen molar-refractivity contribution in [1.29, 1.82) is 0 Å². The standard InChI is InChI=1S/C14H17ClN2O2/c1-17(12(8-2-3-8)9-4-5-9)14(19)10-6-11(15)13(18)16-7-10/h6-9,12H,2-5H2,1H3,(H,16,18). The van der Waals surface area contributed by atoms with Gasteiger partial charge in [-0.1, -0.05) is 11.6 Å². The minimum Gasteiger partial charge on any atom is -0.338 e. The summed E-state index contributed by atoms with van der Waals surface area (Å²) in [5.41, 5.74) is 0.0974. The molecule has 2 saturated carbocycles. The lowest BCUT2D eigenvalue weighted by atomic mass is 10.0. The maximum Gasteiger partial charge on any atom is 0.266 e. The van der Waals surface area contributed by atoms with E-state index in [2.05, 4.69) is 4.98 Å². The minimum atomic E-state index is -0.359. The third-order valence-electron chi connectivity index (χ3n) is 4.08. The van der Waals surface area contributed by atoms with Gasteiger partial charge in [-0.05, 0) is 43.6 Å². The number of nitrogens with zero attached hydrogens (tertiary/aromatic N) is 1. The largest absolute Gasteiger partial charge is 0.338 e. The molecule has 0 aliphatic heterocycles. The van der Waals surface area contributed by atoms with E-state index in [0.29, 0.717) is 23.4 Å². The Hall–Kier alpha value is -1.29. The van der Waals surface area contributed by atoms with Crippen LogP contribution in [0.1, 0.15) is 36.0 Å². The average molecular weight is 281 g/mol. The van der Waals surface area contributed by atoms with Gasteiger partial charge in [0.15, 0.2) is 0 Å². The molecule has 0 spiro atoms. The second-order valence-corrected chi connectivity index (χ2v) is 6.05. The highest BCUT2D eigenvalue weighted by Gasteiger charge is 2.45. The molecule has 0 bridgehead atoms. The highest BCUT2D eigenvalue weighted by molar-refractivity contribution is 6.30. The van der Waals surface area contributed by atoms with Crippen LogP contribution in [0.4, 0.5) is 0 Å². The molecule has 0 radical (unpaired) electrons. The van der Waals surface area contributed by atoms with E-state index in [1.165, 1.54) is 37.9 Å². The Labute approximate surface area is 116 Å². The van der Waals surface area contributed by atoms with Gasteiger partial charge in [0.25, 0.3) is 11.5 Å². The number of rotatable bonds is 4. The normalized spacial score (nSPS) is 18.7. The summed E-state index contributed by atoms with van der Waals surface area (Å²) in [6.45, 7) is 0. The maximum absolute atomic E-state index is 12.5. The Kier molecular flexibility index (Phi) is 3.13. The summed E-state index contributed by atoms with van der Waals surface area (Å²) in [7, 11) is 1.86. The molecule has 4 nitrogen and oxygen atoms in total. The van der Waals surface area contributed by atoms with Crippen molar-refractivity contribution in [2.24, 2.45) is 11.8 Å². The molecule has 1 aromatic rings. The van der Waals surface area contributed by atoms with Crippen molar-refractivity contribution in [3.8, 4) is 0 Å². The molecule has 0 atom stereocenters. The third kappa shape index (κ3) is 2.54. The molecule has 0 unspecified atom stereocenters. The van der Waals surface area contributed by atoms with Crippen LogP contribution in [0.2, 0.25) is 5.02 Å². The minimum absolute atomic E-state index is 0.0538. The molecule has 2 fully saturated rings. The SMILES string of the molecule is CN(C(=O)c1c[nH]c(=O)c(Cl)c1)C(C1CC1)C1CC1. The van der Waals surface area contributed by atoms with Crippen molar-refractivity contribution < 1.29 is 4.79 Å². The van der Waals surface area contributed by atoms with Crippen molar-refractivity contribution in [3.05, 3.63) is 33.2 Å². The Balaban J connectivity index is 1.81. The summed E-state index contributed by atoms with van der Waals surface area (Å²) in [6, 6.07) is 1.81. The fraction of sp³-hybridized carbons (Fsp3) is 0.571. The van der Waals surface area contributed by atoms with E-state index in [-0.39, 0.29) is 16.5 Å². The number of hydrogen-bond acceptors (Lipinski definition) is 2. The lowest BCUT2D eigenvalue weighted by Gasteiger charge is -2.28. The molecular formula is C14H17ClN2O2. The quantitative estimate of drug-likeness (QED) is 0.920. The topological polar surface area (TPSA) is 53.2 Å². The lowest BCUT2D eigenvalue weighted by molar-refractivity contribution is 0.0689. The van der Waals surface area contributed by atoms with Gasteiger partial charge in [-0.3, -0.25) is 9.59 Å². The van der Waals surface area contributed by atoms with E-state index in [0.717, 1.165) is 0 Å². The van der Waals surface area contributed by atoms with E-state index in [1.807, 2.05) is 11.9 Å². The van der Waals surface area contributed by atoms with Gasteiger partial charge in [-0.2, -0.15) is 0 Å². The van der Waals surface area contributed by atoms with Crippen molar-refractivity contribution in [1.82, 2.24) is 9.88 Å². The van der Waals surface area contributed by atoms with Crippen LogP contribution in [0.25, 0.3) is 0 Å². The number of pyridine rings is 1. The fourth-order valence-electron chi connectivity index (χ4n) is 2.81. The van der Waals surface area contributed by atoms with E-state index in [1.54, 1.807) is 0 Å². The number of carbonyl (C=O) groups excluding carboxylic acids is 1. The van der Waals surface area contributed by atoms with Crippen molar-refractivity contribution in [3.63, 3.8) is 0 Å². The predicted octanol–water partition coefficient (Wildman–Crippen LogP) is 2.29. The molecule has 1 N–H and O–H groups in total. The number of amides is 1. The number of nitrogens with one attached hydrogen (secondary N) is 1. The molecule has 2 aliphatic carbocycles. The maximum atomic E-state index is 12.5. The molecule has 5 heteroatoms. The van der Waals surface area contributed by atoms with E-state index < -0.39 is 0 Å². The smallest absolute Gasteiger partial charge is 0.266 e. The van der Waals surface area contributed by atoms with Gasteiger partial charge in [-0.25, -0.2) is 0 Å². The van der Waals surface area contributed by atoms with E-state index in [9.17, 15) is 9.59 Å². The van der Waals surface area contributed by atoms with Crippen LogP contribution in [0, 0.1) is 11.8 Å². The highest BCUT2D eigenvalue weighted by atomic mass is 35.5. The lowest BCUT2D eigenvalue weighted by Crippen LogP contribution is -2.40. The first kappa shape index (κ1) is 12.7. The highest BCUT2D eigenvalue weighted by Crippen LogP contribution is 2.47. The van der Waals surface area contributed by atoms with Gasteiger partial charge in [0.2, 0.25) is 0 Å². The Bertz CT molecular complexity index is 549. The number of H-pyrrole nitrogens is 1. The van der Waals surface area contributed by atoms with E-state index in [4.69, 9.17) is 11.6 Å². The average Bonchev–Trinajstić information content (AvgIpc) is 3.24. The first-order chi connectivity index (χ1) is 9.08. The Morgan fingerprint density at radius 1 is 1.37 bits per heavy atom. The van der Waals surface area contributed by atoms with Crippen LogP contribution < -0.4 is 5.56 Å². The molecular weight excluding hydrogens is 264 g/mol. The van der Waals surface area contributed by atoms with Gasteiger partial charge in [0, 0.05) is 19.3 Å². The molecule has 3 rings (SSSR count). The van der Waals surface area contributed by atoms with Crippen LogP contribution >= 0.6 is 11.6 Å². The summed E-state index contributed by atoms with van der Waals surface area (Å²) in [6.07, 6.45) is 6.36. The van der Waals surface area contributed by atoms with Crippen LogP contribution in [-0.2, 0) is 0 Å². The monoisotopic (exact) mass is 280 g/mol. The molecule has 1 amide bonds. The fourth-order valence-corrected chi connectivity index (χ4v) is 2.98. The molecule has 0 saturated heterocycles. The van der Waals surface area contributed by atoms with Crippen LogP contribution in [0.5, 0.6) is 0 Å². The van der Waals surface area contributed by atoms with Gasteiger partial charge in [0.1, 0.15) is 5.02 Å². The predicted molar refractivity (Wildman–Crippen MR) is 73.4 cm³/mol. The Morgan fingerprint density at radius 3 is 2.42 bits per heavy atom. The zero-order valence-electron chi connectivity index (χ0n) is 10.9. The molecule has 102 valence electrons. The zero-order valence-corrected chi connectivity index (χ0v) is 11.6. The summed E-state index contributed by atoms with van der Waals surface area (Å²) in [5.74, 6) is 1.28. The first-order valence-electron chi connectivity index (χ1n) is 6.73. The van der Waals surface area contributed by atoms with Crippen molar-refractivity contribution in [2.45, 2.75) is 31.7 Å². The van der Waals surface area contributed by atoms with Crippen molar-refractivity contribution in [2.75, 3.05) is 7.05 Å². The van der Waals surface area contributed by atoms with Crippen LogP contribution in [-0.4, -0.2) is 28.9 Å². The molecule has 1 aromatic heterocycles. The summed E-state index contributed by atoms with van der Waals surface area (Å²) < 4.78 is 0. The number of carbonyl (C=O) groups is 1. The van der Waals surface area contributed by atoms with Gasteiger partial charge in [-0.15, -0.1) is 0 Å². The summed E-state index contributed by atoms with van der Waals surface area (Å²) >= 11 is 5.78. The molecule has 19 heavy (non-hydrogen) atoms.